The van der Waals surface area contributed by atoms with Gasteiger partial charge in [-0.05, 0) is 32.0 Å². The third-order valence-electron chi connectivity index (χ3n) is 2.94. The molecule has 0 atom stereocenters. The molecule has 1 rings (SSSR count). The zero-order valence-electron chi connectivity index (χ0n) is 14.0. The summed E-state index contributed by atoms with van der Waals surface area (Å²) in [5.74, 6) is -0.966. The maximum atomic E-state index is 13.5. The van der Waals surface area contributed by atoms with Crippen LogP contribution in [0.4, 0.5) is 10.1 Å². The van der Waals surface area contributed by atoms with Crippen LogP contribution >= 0.6 is 0 Å². The molecule has 1 aromatic rings. The van der Waals surface area contributed by atoms with Crippen LogP contribution in [0.1, 0.15) is 24.2 Å². The van der Waals surface area contributed by atoms with E-state index in [0.717, 1.165) is 0 Å². The number of hydrogen-bond donors (Lipinski definition) is 0. The van der Waals surface area contributed by atoms with Gasteiger partial charge < -0.3 is 20.0 Å². The molecule has 0 amide bonds. The first-order valence-corrected chi connectivity index (χ1v) is 7.10. The van der Waals surface area contributed by atoms with Gasteiger partial charge in [0, 0.05) is 58.1 Å². The summed E-state index contributed by atoms with van der Waals surface area (Å²) in [7, 11) is 1.42. The number of benzene rings is 1. The molecule has 0 saturated carbocycles. The van der Waals surface area contributed by atoms with Crippen LogP contribution in [0.2, 0.25) is 0 Å². The van der Waals surface area contributed by atoms with Crippen LogP contribution in [-0.4, -0.2) is 39.1 Å². The van der Waals surface area contributed by atoms with Crippen LogP contribution in [0.25, 0.3) is 5.48 Å². The predicted molar refractivity (Wildman–Crippen MR) is 84.8 cm³/mol. The van der Waals surface area contributed by atoms with E-state index in [4.69, 9.17) is 4.74 Å². The van der Waals surface area contributed by atoms with Crippen molar-refractivity contribution in [1.29, 1.82) is 0 Å². The third kappa shape index (κ3) is 7.17. The first-order chi connectivity index (χ1) is 11.0. The van der Waals surface area contributed by atoms with Gasteiger partial charge in [0.15, 0.2) is 6.29 Å². The molecule has 24 heavy (non-hydrogen) atoms. The molecule has 0 heterocycles. The number of aldehydes is 1. The summed E-state index contributed by atoms with van der Waals surface area (Å²) in [5, 5.41) is 0. The van der Waals surface area contributed by atoms with Crippen molar-refractivity contribution >= 4 is 17.9 Å². The van der Waals surface area contributed by atoms with E-state index in [2.05, 4.69) is 10.3 Å². The number of nitrogens with zero attached hydrogens (tertiary/aromatic N) is 2. The van der Waals surface area contributed by atoms with E-state index in [1.807, 2.05) is 0 Å². The average molecular weight is 412 g/mol. The molecule has 0 aliphatic heterocycles. The van der Waals surface area contributed by atoms with E-state index in [1.54, 1.807) is 18.7 Å². The van der Waals surface area contributed by atoms with Gasteiger partial charge in [0.25, 0.3) is 0 Å². The van der Waals surface area contributed by atoms with Crippen molar-refractivity contribution in [1.82, 2.24) is 0 Å². The maximum absolute atomic E-state index is 13.5. The molecule has 0 N–H and O–H groups in total. The topological polar surface area (TPSA) is 69.9 Å². The minimum atomic E-state index is -0.485. The molecule has 8 heteroatoms. The summed E-state index contributed by atoms with van der Waals surface area (Å²) in [6, 6.07) is 3.81. The van der Waals surface area contributed by atoms with Crippen molar-refractivity contribution in [3.63, 3.8) is 0 Å². The minimum Gasteiger partial charge on any atom is -0.533 e. The summed E-state index contributed by atoms with van der Waals surface area (Å²) in [5.41, 5.74) is 4.70. The maximum Gasteiger partial charge on any atom is 0.335 e. The average Bonchev–Trinajstić information content (AvgIpc) is 2.54. The van der Waals surface area contributed by atoms with E-state index < -0.39 is 11.8 Å². The molecule has 0 unspecified atom stereocenters. The molecule has 1 radical (unpaired) electrons. The van der Waals surface area contributed by atoms with Crippen LogP contribution in [0.5, 0.6) is 0 Å². The van der Waals surface area contributed by atoms with Crippen LogP contribution < -0.4 is 4.90 Å². The third-order valence-corrected chi connectivity index (χ3v) is 2.94. The Labute approximate surface area is 166 Å². The Morgan fingerprint density at radius 2 is 2.12 bits per heavy atom. The number of hydrogen-bond acceptors (Lipinski definition) is 5. The van der Waals surface area contributed by atoms with Crippen molar-refractivity contribution < 1.29 is 56.3 Å². The van der Waals surface area contributed by atoms with Crippen molar-refractivity contribution in [2.24, 2.45) is 0 Å². The Hall–Kier alpha value is -1.15. The molecule has 0 bridgehead atoms. The molecule has 129 valence electrons. The zero-order valence-corrected chi connectivity index (χ0v) is 16.8. The minimum absolute atomic E-state index is 0. The smallest absolute Gasteiger partial charge is 0.335 e. The van der Waals surface area contributed by atoms with Crippen molar-refractivity contribution in [2.75, 3.05) is 31.7 Å². The second-order valence-corrected chi connectivity index (χ2v) is 4.58. The molecule has 0 fully saturated rings. The quantitative estimate of drug-likeness (QED) is 0.205. The Morgan fingerprint density at radius 1 is 1.42 bits per heavy atom. The predicted octanol–water partition coefficient (Wildman–Crippen LogP) is 2.84. The summed E-state index contributed by atoms with van der Waals surface area (Å²) in [6.07, 6.45) is 2.13. The SMILES string of the molecule is CCOC(=O)/C(C)=C/N(CC[N-]OC)c1cc(F)ccc1C=O.[Y]. The van der Waals surface area contributed by atoms with E-state index >= 15 is 0 Å². The molecule has 6 nitrogen and oxygen atoms in total. The number of hydroxylamine groups is 1. The normalized spacial score (nSPS) is 10.8. The Kier molecular flexibility index (Phi) is 11.7. The Bertz CT molecular complexity index is 581. The second-order valence-electron chi connectivity index (χ2n) is 4.58. The molecular formula is C16H20FN2O4Y-. The van der Waals surface area contributed by atoms with Gasteiger partial charge >= 0.3 is 5.97 Å². The summed E-state index contributed by atoms with van der Waals surface area (Å²) < 4.78 is 18.5. The van der Waals surface area contributed by atoms with Gasteiger partial charge in [0.2, 0.25) is 0 Å². The van der Waals surface area contributed by atoms with Gasteiger partial charge in [-0.1, -0.05) is 0 Å². The number of ether oxygens (including phenoxy) is 1. The Morgan fingerprint density at radius 3 is 2.71 bits per heavy atom. The summed E-state index contributed by atoms with van der Waals surface area (Å²) >= 11 is 0. The molecule has 0 aromatic heterocycles. The number of carbonyl (C=O) groups is 2. The van der Waals surface area contributed by atoms with Crippen molar-refractivity contribution in [2.45, 2.75) is 13.8 Å². The van der Waals surface area contributed by atoms with E-state index in [-0.39, 0.29) is 45.9 Å². The number of anilines is 1. The van der Waals surface area contributed by atoms with Gasteiger partial charge in [-0.15, -0.1) is 6.54 Å². The van der Waals surface area contributed by atoms with E-state index in [0.29, 0.717) is 29.7 Å². The fourth-order valence-electron chi connectivity index (χ4n) is 1.89. The van der Waals surface area contributed by atoms with E-state index in [1.165, 1.54) is 31.5 Å². The summed E-state index contributed by atoms with van der Waals surface area (Å²) in [4.78, 5) is 29.2. The van der Waals surface area contributed by atoms with Gasteiger partial charge in [-0.3, -0.25) is 4.79 Å². The molecule has 0 spiro atoms. The molecule has 0 aliphatic rings. The van der Waals surface area contributed by atoms with E-state index in [9.17, 15) is 14.0 Å². The number of esters is 1. The first-order valence-electron chi connectivity index (χ1n) is 7.10. The summed E-state index contributed by atoms with van der Waals surface area (Å²) in [6.45, 7) is 4.12. The largest absolute Gasteiger partial charge is 0.533 e. The molecule has 0 aliphatic carbocycles. The zero-order chi connectivity index (χ0) is 17.2. The molecule has 1 aromatic carbocycles. The standard InChI is InChI=1S/C16H20FN2O4.Y/c1-4-23-16(21)12(2)10-19(8-7-18-22-3)15-9-14(17)6-5-13(15)11-20;/h5-6,9-11H,4,7-8H2,1-3H3;/q-1;/b12-10+;. The Balaban J connectivity index is 0.00000529. The number of rotatable bonds is 9. The molecule has 0 saturated heterocycles. The fraction of sp³-hybridized carbons (Fsp3) is 0.375. The van der Waals surface area contributed by atoms with Crippen LogP contribution in [0.3, 0.4) is 0 Å². The first kappa shape index (κ1) is 22.9. The second kappa shape index (κ2) is 12.2. The number of halogens is 1. The van der Waals surface area contributed by atoms with Gasteiger partial charge in [-0.25, -0.2) is 9.18 Å². The van der Waals surface area contributed by atoms with Gasteiger partial charge in [-0.2, -0.15) is 0 Å². The van der Waals surface area contributed by atoms with Crippen LogP contribution in [0.15, 0.2) is 30.0 Å². The fourth-order valence-corrected chi connectivity index (χ4v) is 1.89. The number of carbonyl (C=O) groups excluding carboxylic acids is 2. The van der Waals surface area contributed by atoms with Crippen LogP contribution in [0, 0.1) is 5.82 Å². The van der Waals surface area contributed by atoms with Crippen molar-refractivity contribution in [3.8, 4) is 0 Å². The van der Waals surface area contributed by atoms with Crippen LogP contribution in [-0.2, 0) is 47.1 Å². The molecular weight excluding hydrogens is 392 g/mol. The van der Waals surface area contributed by atoms with Gasteiger partial charge in [0.05, 0.1) is 17.9 Å². The monoisotopic (exact) mass is 412 g/mol. The van der Waals surface area contributed by atoms with Crippen molar-refractivity contribution in [3.05, 3.63) is 46.8 Å². The van der Waals surface area contributed by atoms with Gasteiger partial charge in [0.1, 0.15) is 5.82 Å².